The Balaban J connectivity index is 1.86. The van der Waals surface area contributed by atoms with Crippen molar-refractivity contribution < 1.29 is 18.0 Å². The van der Waals surface area contributed by atoms with Crippen LogP contribution in [-0.2, 0) is 0 Å². The molecule has 4 aromatic rings. The van der Waals surface area contributed by atoms with E-state index in [1.165, 1.54) is 22.6 Å². The predicted octanol–water partition coefficient (Wildman–Crippen LogP) is 4.67. The first-order valence-corrected chi connectivity index (χ1v) is 8.02. The quantitative estimate of drug-likeness (QED) is 0.572. The molecule has 0 bridgehead atoms. The van der Waals surface area contributed by atoms with Gasteiger partial charge >= 0.3 is 0 Å². The van der Waals surface area contributed by atoms with Crippen LogP contribution < -0.4 is 5.32 Å². The summed E-state index contributed by atoms with van der Waals surface area (Å²) in [5.74, 6) is -2.31. The van der Waals surface area contributed by atoms with Gasteiger partial charge in [0.1, 0.15) is 34.6 Å². The summed E-state index contributed by atoms with van der Waals surface area (Å²) in [6.45, 7) is 0. The molecule has 0 spiro atoms. The molecule has 0 atom stereocenters. The standard InChI is InChI=1S/C20H12F3N3O/c21-13-5-3-4-12(10-13)20(27)25-19-18(15-11-14(22)7-8-16(15)23)24-17-6-1-2-9-26(17)19/h1-11H,(H,25,27). The number of halogens is 3. The second-order valence-corrected chi connectivity index (χ2v) is 5.83. The molecule has 4 nitrogen and oxygen atoms in total. The summed E-state index contributed by atoms with van der Waals surface area (Å²) in [6, 6.07) is 13.3. The highest BCUT2D eigenvalue weighted by atomic mass is 19.1. The molecule has 27 heavy (non-hydrogen) atoms. The number of imidazole rings is 1. The molecule has 0 unspecified atom stereocenters. The van der Waals surface area contributed by atoms with Crippen LogP contribution in [0.25, 0.3) is 16.9 Å². The number of aromatic nitrogens is 2. The first kappa shape index (κ1) is 16.8. The number of hydrogen-bond donors (Lipinski definition) is 1. The van der Waals surface area contributed by atoms with Crippen molar-refractivity contribution in [2.75, 3.05) is 5.32 Å². The van der Waals surface area contributed by atoms with Gasteiger partial charge in [-0.2, -0.15) is 0 Å². The highest BCUT2D eigenvalue weighted by Gasteiger charge is 2.20. The average Bonchev–Trinajstić information content (AvgIpc) is 3.02. The van der Waals surface area contributed by atoms with Crippen LogP contribution in [0, 0.1) is 17.5 Å². The van der Waals surface area contributed by atoms with Crippen molar-refractivity contribution in [2.45, 2.75) is 0 Å². The summed E-state index contributed by atoms with van der Waals surface area (Å²) >= 11 is 0. The fourth-order valence-corrected chi connectivity index (χ4v) is 2.79. The minimum absolute atomic E-state index is 0.0722. The summed E-state index contributed by atoms with van der Waals surface area (Å²) < 4.78 is 42.9. The number of nitrogens with one attached hydrogen (secondary N) is 1. The monoisotopic (exact) mass is 367 g/mol. The van der Waals surface area contributed by atoms with E-state index in [1.807, 2.05) is 0 Å². The largest absolute Gasteiger partial charge is 0.306 e. The van der Waals surface area contributed by atoms with Crippen LogP contribution in [-0.4, -0.2) is 15.3 Å². The summed E-state index contributed by atoms with van der Waals surface area (Å²) in [6.07, 6.45) is 1.63. The van der Waals surface area contributed by atoms with Gasteiger partial charge in [0, 0.05) is 17.3 Å². The van der Waals surface area contributed by atoms with Gasteiger partial charge in [-0.05, 0) is 48.5 Å². The van der Waals surface area contributed by atoms with Crippen molar-refractivity contribution >= 4 is 17.4 Å². The van der Waals surface area contributed by atoms with Crippen molar-refractivity contribution in [3.8, 4) is 11.3 Å². The van der Waals surface area contributed by atoms with Crippen LogP contribution in [0.5, 0.6) is 0 Å². The maximum atomic E-state index is 14.3. The van der Waals surface area contributed by atoms with Gasteiger partial charge in [0.15, 0.2) is 0 Å². The second-order valence-electron chi connectivity index (χ2n) is 5.83. The number of carbonyl (C=O) groups excluding carboxylic acids is 1. The van der Waals surface area contributed by atoms with Crippen LogP contribution in [0.1, 0.15) is 10.4 Å². The molecule has 0 radical (unpaired) electrons. The van der Waals surface area contributed by atoms with E-state index in [0.717, 1.165) is 24.3 Å². The minimum atomic E-state index is -0.680. The van der Waals surface area contributed by atoms with Crippen molar-refractivity contribution in [1.82, 2.24) is 9.38 Å². The summed E-state index contributed by atoms with van der Waals surface area (Å²) in [5.41, 5.74) is 0.508. The molecule has 0 aliphatic carbocycles. The highest BCUT2D eigenvalue weighted by molar-refractivity contribution is 6.05. The third kappa shape index (κ3) is 3.15. The summed E-state index contributed by atoms with van der Waals surface area (Å²) in [7, 11) is 0. The second kappa shape index (κ2) is 6.60. The third-order valence-electron chi connectivity index (χ3n) is 4.03. The molecule has 2 aromatic heterocycles. The van der Waals surface area contributed by atoms with E-state index in [0.29, 0.717) is 5.65 Å². The highest BCUT2D eigenvalue weighted by Crippen LogP contribution is 2.31. The lowest BCUT2D eigenvalue weighted by Gasteiger charge is -2.09. The molecule has 0 saturated heterocycles. The van der Waals surface area contributed by atoms with Gasteiger partial charge in [0.05, 0.1) is 0 Å². The lowest BCUT2D eigenvalue weighted by Crippen LogP contribution is -2.14. The maximum Gasteiger partial charge on any atom is 0.256 e. The Morgan fingerprint density at radius 1 is 0.926 bits per heavy atom. The van der Waals surface area contributed by atoms with E-state index in [2.05, 4.69) is 10.3 Å². The van der Waals surface area contributed by atoms with Crippen LogP contribution in [0.4, 0.5) is 19.0 Å². The number of amides is 1. The molecular formula is C20H12F3N3O. The summed E-state index contributed by atoms with van der Waals surface area (Å²) in [5, 5.41) is 2.63. The smallest absolute Gasteiger partial charge is 0.256 e. The molecule has 7 heteroatoms. The van der Waals surface area contributed by atoms with Gasteiger partial charge < -0.3 is 5.32 Å². The lowest BCUT2D eigenvalue weighted by molar-refractivity contribution is 0.102. The number of carbonyl (C=O) groups is 1. The predicted molar refractivity (Wildman–Crippen MR) is 94.9 cm³/mol. The Bertz CT molecular complexity index is 1170. The van der Waals surface area contributed by atoms with E-state index in [-0.39, 0.29) is 22.6 Å². The number of nitrogens with zero attached hydrogens (tertiary/aromatic N) is 2. The molecule has 0 aliphatic rings. The molecule has 0 saturated carbocycles. The normalized spacial score (nSPS) is 10.9. The van der Waals surface area contributed by atoms with Gasteiger partial charge in [0.2, 0.25) is 0 Å². The number of benzene rings is 2. The molecule has 2 aromatic carbocycles. The van der Waals surface area contributed by atoms with E-state index < -0.39 is 23.4 Å². The third-order valence-corrected chi connectivity index (χ3v) is 4.03. The van der Waals surface area contributed by atoms with Gasteiger partial charge in [-0.25, -0.2) is 18.2 Å². The lowest BCUT2D eigenvalue weighted by atomic mass is 10.1. The fourth-order valence-electron chi connectivity index (χ4n) is 2.79. The molecule has 134 valence electrons. The average molecular weight is 367 g/mol. The van der Waals surface area contributed by atoms with Gasteiger partial charge in [-0.3, -0.25) is 9.20 Å². The van der Waals surface area contributed by atoms with E-state index in [9.17, 15) is 18.0 Å². The minimum Gasteiger partial charge on any atom is -0.306 e. The van der Waals surface area contributed by atoms with E-state index in [4.69, 9.17) is 0 Å². The van der Waals surface area contributed by atoms with Crippen LogP contribution in [0.2, 0.25) is 0 Å². The Kier molecular flexibility index (Phi) is 4.12. The Morgan fingerprint density at radius 3 is 2.56 bits per heavy atom. The van der Waals surface area contributed by atoms with Gasteiger partial charge in [-0.15, -0.1) is 0 Å². The van der Waals surface area contributed by atoms with E-state index in [1.54, 1.807) is 24.4 Å². The van der Waals surface area contributed by atoms with Crippen LogP contribution >= 0.6 is 0 Å². The van der Waals surface area contributed by atoms with Gasteiger partial charge in [0.25, 0.3) is 5.91 Å². The topological polar surface area (TPSA) is 46.4 Å². The number of fused-ring (bicyclic) bond motifs is 1. The van der Waals surface area contributed by atoms with Crippen molar-refractivity contribution in [3.63, 3.8) is 0 Å². The number of rotatable bonds is 3. The molecule has 2 heterocycles. The first-order valence-electron chi connectivity index (χ1n) is 8.02. The summed E-state index contributed by atoms with van der Waals surface area (Å²) in [4.78, 5) is 16.9. The molecule has 1 N–H and O–H groups in total. The maximum absolute atomic E-state index is 14.3. The van der Waals surface area contributed by atoms with E-state index >= 15 is 0 Å². The molecule has 4 rings (SSSR count). The van der Waals surface area contributed by atoms with Crippen LogP contribution in [0.15, 0.2) is 66.9 Å². The Morgan fingerprint density at radius 2 is 1.74 bits per heavy atom. The zero-order valence-electron chi connectivity index (χ0n) is 13.8. The number of anilines is 1. The number of hydrogen-bond acceptors (Lipinski definition) is 2. The number of pyridine rings is 1. The zero-order chi connectivity index (χ0) is 19.0. The van der Waals surface area contributed by atoms with Crippen molar-refractivity contribution in [3.05, 3.63) is 89.9 Å². The molecule has 1 amide bonds. The molecular weight excluding hydrogens is 355 g/mol. The molecule has 0 aliphatic heterocycles. The Labute approximate surface area is 151 Å². The van der Waals surface area contributed by atoms with Crippen molar-refractivity contribution in [1.29, 1.82) is 0 Å². The van der Waals surface area contributed by atoms with Gasteiger partial charge in [-0.1, -0.05) is 12.1 Å². The van der Waals surface area contributed by atoms with Crippen LogP contribution in [0.3, 0.4) is 0 Å². The Hall–Kier alpha value is -3.61. The first-order chi connectivity index (χ1) is 13.0. The SMILES string of the molecule is O=C(Nc1c(-c2cc(F)ccc2F)nc2ccccn12)c1cccc(F)c1. The fraction of sp³-hybridized carbons (Fsp3) is 0. The molecule has 0 fully saturated rings. The zero-order valence-corrected chi connectivity index (χ0v) is 13.8. The van der Waals surface area contributed by atoms with Crippen molar-refractivity contribution in [2.24, 2.45) is 0 Å².